The van der Waals surface area contributed by atoms with Gasteiger partial charge < -0.3 is 0 Å². The van der Waals surface area contributed by atoms with Crippen molar-refractivity contribution in [1.29, 1.82) is 0 Å². The Morgan fingerprint density at radius 3 is 1.54 bits per heavy atom. The van der Waals surface area contributed by atoms with Crippen LogP contribution in [0.15, 0.2) is 23.0 Å². The Morgan fingerprint density at radius 1 is 0.730 bits per heavy atom. The summed E-state index contributed by atoms with van der Waals surface area (Å²) in [6, 6.07) is 0.453. The molecule has 200 valence electrons. The van der Waals surface area contributed by atoms with Gasteiger partial charge in [-0.15, -0.1) is 0 Å². The van der Waals surface area contributed by atoms with Crippen LogP contribution in [0.25, 0.3) is 5.69 Å². The SMILES string of the molecule is Cc1[nH]n(-c2c(F)c(F)c(C(F)(F)F)c(F)c2F)c(=O)c1C(=O)c1c(C(F)(F)F)cccc1C(F)(F)F. The smallest absolute Gasteiger partial charge is 0.294 e. The first-order chi connectivity index (χ1) is 16.7. The number of hydrogen-bond donors (Lipinski definition) is 1. The lowest BCUT2D eigenvalue weighted by Crippen LogP contribution is -2.27. The lowest BCUT2D eigenvalue weighted by molar-refractivity contribution is -0.144. The van der Waals surface area contributed by atoms with Gasteiger partial charge in [-0.1, -0.05) is 6.07 Å². The third kappa shape index (κ3) is 4.57. The Morgan fingerprint density at radius 2 is 1.16 bits per heavy atom. The Balaban J connectivity index is 2.37. The minimum absolute atomic E-state index is 0.0724. The Labute approximate surface area is 194 Å². The van der Waals surface area contributed by atoms with E-state index in [0.717, 1.165) is 0 Å². The maximum absolute atomic E-state index is 14.4. The van der Waals surface area contributed by atoms with Gasteiger partial charge in [0.25, 0.3) is 5.56 Å². The van der Waals surface area contributed by atoms with Crippen LogP contribution in [0.2, 0.25) is 0 Å². The van der Waals surface area contributed by atoms with E-state index in [1.165, 1.54) is 0 Å². The van der Waals surface area contributed by atoms with E-state index in [9.17, 15) is 66.7 Å². The molecule has 3 rings (SSSR count). The number of alkyl halides is 9. The zero-order valence-electron chi connectivity index (χ0n) is 17.4. The topological polar surface area (TPSA) is 54.9 Å². The number of nitrogens with zero attached hydrogens (tertiary/aromatic N) is 1. The number of halogens is 13. The fourth-order valence-electron chi connectivity index (χ4n) is 3.43. The molecule has 1 heterocycles. The summed E-state index contributed by atoms with van der Waals surface area (Å²) in [5.74, 6) is -13.9. The van der Waals surface area contributed by atoms with Crippen molar-refractivity contribution in [2.24, 2.45) is 0 Å². The van der Waals surface area contributed by atoms with Crippen molar-refractivity contribution >= 4 is 5.78 Å². The monoisotopic (exact) mass is 554 g/mol. The molecule has 1 aromatic heterocycles. The molecule has 0 radical (unpaired) electrons. The van der Waals surface area contributed by atoms with Gasteiger partial charge in [-0.2, -0.15) is 39.5 Å². The zero-order valence-corrected chi connectivity index (χ0v) is 17.4. The number of benzene rings is 2. The maximum atomic E-state index is 14.4. The van der Waals surface area contributed by atoms with Crippen LogP contribution in [0.5, 0.6) is 0 Å². The number of carbonyl (C=O) groups is 1. The van der Waals surface area contributed by atoms with E-state index < -0.39 is 97.0 Å². The van der Waals surface area contributed by atoms with Crippen LogP contribution in [-0.4, -0.2) is 15.6 Å². The van der Waals surface area contributed by atoms with Gasteiger partial charge in [-0.3, -0.25) is 14.7 Å². The number of aromatic nitrogens is 2. The molecule has 2 aromatic carbocycles. The van der Waals surface area contributed by atoms with Gasteiger partial charge in [0.1, 0.15) is 16.8 Å². The third-order valence-corrected chi connectivity index (χ3v) is 4.95. The van der Waals surface area contributed by atoms with E-state index in [1.807, 2.05) is 0 Å². The number of carbonyl (C=O) groups excluding carboxylic acids is 1. The zero-order chi connectivity index (χ0) is 28.4. The lowest BCUT2D eigenvalue weighted by atomic mass is 9.93. The summed E-state index contributed by atoms with van der Waals surface area (Å²) >= 11 is 0. The van der Waals surface area contributed by atoms with Gasteiger partial charge in [0.2, 0.25) is 5.78 Å². The van der Waals surface area contributed by atoms with Crippen molar-refractivity contribution in [2.75, 3.05) is 0 Å². The van der Waals surface area contributed by atoms with Crippen molar-refractivity contribution < 1.29 is 61.9 Å². The molecular formula is C20H7F13N2O2. The van der Waals surface area contributed by atoms with Crippen LogP contribution < -0.4 is 5.56 Å². The molecule has 3 aromatic rings. The number of H-pyrrole nitrogens is 1. The molecule has 0 saturated carbocycles. The van der Waals surface area contributed by atoms with Crippen LogP contribution in [0, 0.1) is 30.2 Å². The lowest BCUT2D eigenvalue weighted by Gasteiger charge is -2.17. The first-order valence-corrected chi connectivity index (χ1v) is 9.28. The summed E-state index contributed by atoms with van der Waals surface area (Å²) in [6.07, 6.45) is -17.1. The highest BCUT2D eigenvalue weighted by atomic mass is 19.4. The summed E-state index contributed by atoms with van der Waals surface area (Å²) in [7, 11) is 0. The first-order valence-electron chi connectivity index (χ1n) is 9.28. The number of hydrogen-bond acceptors (Lipinski definition) is 2. The average Bonchev–Trinajstić information content (AvgIpc) is 3.03. The van der Waals surface area contributed by atoms with Crippen LogP contribution in [-0.2, 0) is 18.5 Å². The molecule has 0 unspecified atom stereocenters. The standard InChI is InChI=1S/C20H7F13N2O2/c1-5-8(16(36)9-6(18(25,26)27)3-2-4-7(9)19(28,29)30)17(37)35(34-5)15-13(23)11(21)10(20(31,32)33)12(22)14(15)24/h2-4,34H,1H3. The van der Waals surface area contributed by atoms with Crippen LogP contribution >= 0.6 is 0 Å². The second-order valence-corrected chi connectivity index (χ2v) is 7.28. The highest BCUT2D eigenvalue weighted by Gasteiger charge is 2.45. The predicted molar refractivity (Wildman–Crippen MR) is 95.8 cm³/mol. The number of nitrogens with one attached hydrogen (secondary N) is 1. The van der Waals surface area contributed by atoms with E-state index in [0.29, 0.717) is 13.0 Å². The summed E-state index contributed by atoms with van der Waals surface area (Å²) < 4.78 is 175. The van der Waals surface area contributed by atoms with E-state index in [4.69, 9.17) is 0 Å². The predicted octanol–water partition coefficient (Wildman–Crippen LogP) is 6.32. The first kappa shape index (κ1) is 27.8. The molecule has 0 saturated heterocycles. The molecule has 0 aliphatic carbocycles. The van der Waals surface area contributed by atoms with Crippen molar-refractivity contribution in [2.45, 2.75) is 25.5 Å². The molecule has 0 aliphatic rings. The van der Waals surface area contributed by atoms with Crippen LogP contribution in [0.1, 0.15) is 38.3 Å². The molecular weight excluding hydrogens is 547 g/mol. The van der Waals surface area contributed by atoms with Crippen LogP contribution in [0.4, 0.5) is 57.1 Å². The van der Waals surface area contributed by atoms with Crippen LogP contribution in [0.3, 0.4) is 0 Å². The second-order valence-electron chi connectivity index (χ2n) is 7.28. The van der Waals surface area contributed by atoms with Gasteiger partial charge in [-0.25, -0.2) is 22.2 Å². The molecule has 0 aliphatic heterocycles. The number of aryl methyl sites for hydroxylation is 1. The van der Waals surface area contributed by atoms with Gasteiger partial charge in [-0.05, 0) is 19.1 Å². The molecule has 0 amide bonds. The van der Waals surface area contributed by atoms with E-state index in [1.54, 1.807) is 5.10 Å². The van der Waals surface area contributed by atoms with Gasteiger partial charge in [0.15, 0.2) is 23.3 Å². The number of ketones is 1. The summed E-state index contributed by atoms with van der Waals surface area (Å²) in [4.78, 5) is 25.5. The van der Waals surface area contributed by atoms with E-state index in [2.05, 4.69) is 0 Å². The molecule has 37 heavy (non-hydrogen) atoms. The number of aromatic amines is 1. The normalized spacial score (nSPS) is 12.8. The molecule has 17 heteroatoms. The highest BCUT2D eigenvalue weighted by Crippen LogP contribution is 2.41. The fraction of sp³-hybridized carbons (Fsp3) is 0.200. The minimum atomic E-state index is -5.96. The average molecular weight is 554 g/mol. The van der Waals surface area contributed by atoms with E-state index in [-0.39, 0.29) is 12.1 Å². The van der Waals surface area contributed by atoms with Crippen molar-refractivity contribution in [3.63, 3.8) is 0 Å². The van der Waals surface area contributed by atoms with Gasteiger partial charge >= 0.3 is 18.5 Å². The molecule has 0 spiro atoms. The molecule has 0 atom stereocenters. The van der Waals surface area contributed by atoms with Gasteiger partial charge in [0, 0.05) is 11.3 Å². The van der Waals surface area contributed by atoms with Crippen molar-refractivity contribution in [1.82, 2.24) is 9.78 Å². The molecule has 0 bridgehead atoms. The molecule has 0 fully saturated rings. The Kier molecular flexibility index (Phi) is 6.50. The maximum Gasteiger partial charge on any atom is 0.422 e. The highest BCUT2D eigenvalue weighted by molar-refractivity contribution is 6.11. The minimum Gasteiger partial charge on any atom is -0.294 e. The Bertz CT molecular complexity index is 1410. The van der Waals surface area contributed by atoms with Gasteiger partial charge in [0.05, 0.1) is 11.1 Å². The molecule has 1 N–H and O–H groups in total. The second kappa shape index (κ2) is 8.65. The summed E-state index contributed by atoms with van der Waals surface area (Å²) in [5.41, 5.74) is -16.2. The number of rotatable bonds is 3. The largest absolute Gasteiger partial charge is 0.422 e. The van der Waals surface area contributed by atoms with E-state index >= 15 is 0 Å². The fourth-order valence-corrected chi connectivity index (χ4v) is 3.43. The summed E-state index contributed by atoms with van der Waals surface area (Å²) in [6.45, 7) is 0.654. The van der Waals surface area contributed by atoms with Crippen molar-refractivity contribution in [3.8, 4) is 5.69 Å². The van der Waals surface area contributed by atoms with Crippen molar-refractivity contribution in [3.05, 3.63) is 85.3 Å². The quantitative estimate of drug-likeness (QED) is 0.234. The molecule has 4 nitrogen and oxygen atoms in total. The summed E-state index contributed by atoms with van der Waals surface area (Å²) in [5, 5.41) is 1.62. The Hall–Kier alpha value is -3.79. The third-order valence-electron chi connectivity index (χ3n) is 4.95.